The van der Waals surface area contributed by atoms with Crippen LogP contribution in [-0.4, -0.2) is 29.1 Å². The summed E-state index contributed by atoms with van der Waals surface area (Å²) in [4.78, 5) is 22.1. The Morgan fingerprint density at radius 1 is 1.33 bits per heavy atom. The molecule has 1 atom stereocenters. The maximum Gasteiger partial charge on any atom is 0.408 e. The van der Waals surface area contributed by atoms with Crippen molar-refractivity contribution in [2.75, 3.05) is 5.88 Å². The van der Waals surface area contributed by atoms with Gasteiger partial charge in [-0.15, -0.1) is 11.6 Å². The maximum absolute atomic E-state index is 11.4. The van der Waals surface area contributed by atoms with Gasteiger partial charge in [-0.2, -0.15) is 0 Å². The summed E-state index contributed by atoms with van der Waals surface area (Å²) in [6.45, 7) is 0.0971. The number of carboxylic acids is 1. The molecule has 98 valence electrons. The van der Waals surface area contributed by atoms with E-state index in [0.717, 1.165) is 5.56 Å². The second-order valence-corrected chi connectivity index (χ2v) is 3.95. The van der Waals surface area contributed by atoms with Gasteiger partial charge in [-0.25, -0.2) is 9.59 Å². The Bertz CT molecular complexity index is 396. The van der Waals surface area contributed by atoms with Crippen LogP contribution in [0.2, 0.25) is 0 Å². The molecule has 5 nitrogen and oxygen atoms in total. The molecule has 1 aromatic carbocycles. The molecule has 1 amide bonds. The highest BCUT2D eigenvalue weighted by Crippen LogP contribution is 2.01. The van der Waals surface area contributed by atoms with Gasteiger partial charge in [-0.3, -0.25) is 0 Å². The molecule has 0 radical (unpaired) electrons. The highest BCUT2D eigenvalue weighted by atomic mass is 35.5. The molecular weight excluding hydrogens is 258 g/mol. The van der Waals surface area contributed by atoms with E-state index >= 15 is 0 Å². The minimum atomic E-state index is -1.13. The van der Waals surface area contributed by atoms with E-state index in [9.17, 15) is 9.59 Å². The number of ether oxygens (including phenoxy) is 1. The number of aliphatic carboxylic acids is 1. The van der Waals surface area contributed by atoms with Crippen molar-refractivity contribution in [3.8, 4) is 0 Å². The van der Waals surface area contributed by atoms with Crippen LogP contribution in [0.4, 0.5) is 4.79 Å². The highest BCUT2D eigenvalue weighted by molar-refractivity contribution is 6.18. The molecule has 0 bridgehead atoms. The first kappa shape index (κ1) is 14.3. The van der Waals surface area contributed by atoms with Crippen LogP contribution in [0.1, 0.15) is 12.0 Å². The standard InChI is InChI=1S/C12H14ClNO4/c13-7-6-10(11(15)16)14-12(17)18-8-9-4-2-1-3-5-9/h1-5,10H,6-8H2,(H,14,17)(H,15,16). The Kier molecular flexibility index (Phi) is 6.00. The summed E-state index contributed by atoms with van der Waals surface area (Å²) < 4.78 is 4.90. The number of halogens is 1. The third kappa shape index (κ3) is 5.05. The van der Waals surface area contributed by atoms with Crippen LogP contribution in [0.25, 0.3) is 0 Å². The number of alkyl halides is 1. The van der Waals surface area contributed by atoms with Gasteiger partial charge in [0, 0.05) is 5.88 Å². The first-order chi connectivity index (χ1) is 8.63. The van der Waals surface area contributed by atoms with Gasteiger partial charge < -0.3 is 15.2 Å². The van der Waals surface area contributed by atoms with E-state index < -0.39 is 18.1 Å². The predicted octanol–water partition coefficient (Wildman–Crippen LogP) is 1.99. The van der Waals surface area contributed by atoms with Crippen LogP contribution in [0.5, 0.6) is 0 Å². The van der Waals surface area contributed by atoms with E-state index in [2.05, 4.69) is 5.32 Å². The SMILES string of the molecule is O=C(NC(CCCl)C(=O)O)OCc1ccccc1. The summed E-state index contributed by atoms with van der Waals surface area (Å²) in [6.07, 6.45) is -0.617. The van der Waals surface area contributed by atoms with E-state index in [-0.39, 0.29) is 18.9 Å². The summed E-state index contributed by atoms with van der Waals surface area (Å²) in [6, 6.07) is 8.09. The average molecular weight is 272 g/mol. The van der Waals surface area contributed by atoms with Gasteiger partial charge in [0.2, 0.25) is 0 Å². The summed E-state index contributed by atoms with van der Waals surface area (Å²) in [5.41, 5.74) is 0.830. The molecule has 0 saturated heterocycles. The van der Waals surface area contributed by atoms with Crippen molar-refractivity contribution < 1.29 is 19.4 Å². The lowest BCUT2D eigenvalue weighted by molar-refractivity contribution is -0.139. The van der Waals surface area contributed by atoms with E-state index in [1.165, 1.54) is 0 Å². The Hall–Kier alpha value is -1.75. The molecule has 0 aliphatic rings. The topological polar surface area (TPSA) is 75.6 Å². The summed E-state index contributed by atoms with van der Waals surface area (Å²) in [7, 11) is 0. The number of carbonyl (C=O) groups is 2. The van der Waals surface area contributed by atoms with Gasteiger partial charge in [-0.1, -0.05) is 30.3 Å². The molecule has 2 N–H and O–H groups in total. The highest BCUT2D eigenvalue weighted by Gasteiger charge is 2.19. The monoisotopic (exact) mass is 271 g/mol. The van der Waals surface area contributed by atoms with Crippen molar-refractivity contribution in [1.82, 2.24) is 5.32 Å². The number of carbonyl (C=O) groups excluding carboxylic acids is 1. The van der Waals surface area contributed by atoms with Crippen LogP contribution in [-0.2, 0) is 16.1 Å². The predicted molar refractivity (Wildman–Crippen MR) is 66.5 cm³/mol. The number of carboxylic acid groups (broad SMARTS) is 1. The maximum atomic E-state index is 11.4. The number of benzene rings is 1. The van der Waals surface area contributed by atoms with Crippen molar-refractivity contribution in [2.45, 2.75) is 19.1 Å². The molecule has 0 aliphatic heterocycles. The largest absolute Gasteiger partial charge is 0.480 e. The molecule has 0 fully saturated rings. The zero-order valence-electron chi connectivity index (χ0n) is 9.64. The fourth-order valence-corrected chi connectivity index (χ4v) is 1.49. The van der Waals surface area contributed by atoms with Crippen LogP contribution >= 0.6 is 11.6 Å². The van der Waals surface area contributed by atoms with Gasteiger partial charge >= 0.3 is 12.1 Å². The molecule has 0 heterocycles. The van der Waals surface area contributed by atoms with E-state index in [1.807, 2.05) is 18.2 Å². The summed E-state index contributed by atoms with van der Waals surface area (Å²) >= 11 is 5.44. The molecule has 1 unspecified atom stereocenters. The number of alkyl carbamates (subject to hydrolysis) is 1. The first-order valence-electron chi connectivity index (χ1n) is 5.39. The second kappa shape index (κ2) is 7.55. The molecule has 18 heavy (non-hydrogen) atoms. The molecule has 6 heteroatoms. The van der Waals surface area contributed by atoms with Crippen molar-refractivity contribution in [3.63, 3.8) is 0 Å². The lowest BCUT2D eigenvalue weighted by atomic mass is 10.2. The molecule has 1 aromatic rings. The van der Waals surface area contributed by atoms with Gasteiger partial charge in [0.05, 0.1) is 0 Å². The number of hydrogen-bond donors (Lipinski definition) is 2. The Labute approximate surface area is 110 Å². The number of amides is 1. The third-order valence-electron chi connectivity index (χ3n) is 2.20. The van der Waals surface area contributed by atoms with Crippen LogP contribution in [0.3, 0.4) is 0 Å². The van der Waals surface area contributed by atoms with Crippen molar-refractivity contribution in [3.05, 3.63) is 35.9 Å². The van der Waals surface area contributed by atoms with Crippen LogP contribution < -0.4 is 5.32 Å². The molecular formula is C12H14ClNO4. The molecule has 0 aromatic heterocycles. The average Bonchev–Trinajstić information content (AvgIpc) is 2.37. The Morgan fingerprint density at radius 2 is 2.00 bits per heavy atom. The van der Waals surface area contributed by atoms with Crippen molar-refractivity contribution in [2.24, 2.45) is 0 Å². The van der Waals surface area contributed by atoms with E-state index in [1.54, 1.807) is 12.1 Å². The van der Waals surface area contributed by atoms with E-state index in [4.69, 9.17) is 21.4 Å². The van der Waals surface area contributed by atoms with Gasteiger partial charge in [0.15, 0.2) is 0 Å². The summed E-state index contributed by atoms with van der Waals surface area (Å²) in [5.74, 6) is -0.983. The van der Waals surface area contributed by atoms with Gasteiger partial charge in [0.25, 0.3) is 0 Å². The van der Waals surface area contributed by atoms with Gasteiger partial charge in [0.1, 0.15) is 12.6 Å². The number of nitrogens with one attached hydrogen (secondary N) is 1. The van der Waals surface area contributed by atoms with E-state index in [0.29, 0.717) is 0 Å². The fourth-order valence-electron chi connectivity index (χ4n) is 1.27. The minimum absolute atomic E-state index is 0.0971. The lowest BCUT2D eigenvalue weighted by Gasteiger charge is -2.13. The smallest absolute Gasteiger partial charge is 0.408 e. The molecule has 1 rings (SSSR count). The fraction of sp³-hybridized carbons (Fsp3) is 0.333. The quantitative estimate of drug-likeness (QED) is 0.776. The molecule has 0 spiro atoms. The van der Waals surface area contributed by atoms with Crippen molar-refractivity contribution >= 4 is 23.7 Å². The molecule has 0 aliphatic carbocycles. The first-order valence-corrected chi connectivity index (χ1v) is 5.93. The number of rotatable bonds is 6. The second-order valence-electron chi connectivity index (χ2n) is 3.57. The number of hydrogen-bond acceptors (Lipinski definition) is 3. The zero-order valence-corrected chi connectivity index (χ0v) is 10.4. The minimum Gasteiger partial charge on any atom is -0.480 e. The van der Waals surface area contributed by atoms with Crippen molar-refractivity contribution in [1.29, 1.82) is 0 Å². The molecule has 0 saturated carbocycles. The van der Waals surface area contributed by atoms with Crippen LogP contribution in [0, 0.1) is 0 Å². The Balaban J connectivity index is 2.39. The normalized spacial score (nSPS) is 11.6. The van der Waals surface area contributed by atoms with Crippen LogP contribution in [0.15, 0.2) is 30.3 Å². The van der Waals surface area contributed by atoms with Gasteiger partial charge in [-0.05, 0) is 12.0 Å². The Morgan fingerprint density at radius 3 is 2.56 bits per heavy atom. The summed E-state index contributed by atoms with van der Waals surface area (Å²) in [5, 5.41) is 11.1. The zero-order chi connectivity index (χ0) is 13.4. The lowest BCUT2D eigenvalue weighted by Crippen LogP contribution is -2.41. The third-order valence-corrected chi connectivity index (χ3v) is 2.42.